The van der Waals surface area contributed by atoms with Gasteiger partial charge in [-0.2, -0.15) is 0 Å². The van der Waals surface area contributed by atoms with E-state index >= 15 is 0 Å². The maximum absolute atomic E-state index is 12.2. The quantitative estimate of drug-likeness (QED) is 0.940. The Balaban J connectivity index is 1.68. The molecule has 96 valence electrons. The average molecular weight is 281 g/mol. The molecule has 1 N–H and O–H groups in total. The van der Waals surface area contributed by atoms with E-state index in [9.17, 15) is 9.90 Å². The second kappa shape index (κ2) is 4.64. The molecule has 2 aromatic heterocycles. The van der Waals surface area contributed by atoms with Crippen molar-refractivity contribution < 1.29 is 9.90 Å². The van der Waals surface area contributed by atoms with Crippen LogP contribution in [0.1, 0.15) is 22.5 Å². The van der Waals surface area contributed by atoms with Gasteiger partial charge in [0, 0.05) is 23.0 Å². The molecule has 0 aromatic carbocycles. The molecule has 0 bridgehead atoms. The molecular weight excluding hydrogens is 266 g/mol. The van der Waals surface area contributed by atoms with Gasteiger partial charge in [0.2, 0.25) is 0 Å². The number of nitrogens with zero attached hydrogens (tertiary/aromatic N) is 1. The molecule has 0 spiro atoms. The summed E-state index contributed by atoms with van der Waals surface area (Å²) in [6.45, 7) is 0.751. The third-order valence-electron chi connectivity index (χ3n) is 3.44. The molecule has 2 heterocycles. The third-order valence-corrected chi connectivity index (χ3v) is 5.52. The van der Waals surface area contributed by atoms with Gasteiger partial charge in [-0.1, -0.05) is 0 Å². The first kappa shape index (κ1) is 12.1. The zero-order valence-corrected chi connectivity index (χ0v) is 11.8. The molecule has 18 heavy (non-hydrogen) atoms. The van der Waals surface area contributed by atoms with Gasteiger partial charge in [0.1, 0.15) is 0 Å². The summed E-state index contributed by atoms with van der Waals surface area (Å²) in [5.41, 5.74) is 0. The summed E-state index contributed by atoms with van der Waals surface area (Å²) in [6.07, 6.45) is 1.51. The summed E-state index contributed by atoms with van der Waals surface area (Å²) in [6, 6.07) is 4.04. The summed E-state index contributed by atoms with van der Waals surface area (Å²) in [5, 5.41) is 11.3. The summed E-state index contributed by atoms with van der Waals surface area (Å²) in [7, 11) is 1.85. The van der Waals surface area contributed by atoms with E-state index < -0.39 is 0 Å². The second-order valence-corrected chi connectivity index (χ2v) is 6.97. The summed E-state index contributed by atoms with van der Waals surface area (Å²) in [5.74, 6) is 0.569. The van der Waals surface area contributed by atoms with Gasteiger partial charge in [-0.05, 0) is 36.3 Å². The molecule has 0 atom stereocenters. The van der Waals surface area contributed by atoms with Crippen LogP contribution in [0.3, 0.4) is 0 Å². The lowest BCUT2D eigenvalue weighted by Gasteiger charge is -2.34. The van der Waals surface area contributed by atoms with Crippen LogP contribution in [-0.2, 0) is 0 Å². The van der Waals surface area contributed by atoms with Gasteiger partial charge >= 0.3 is 0 Å². The SMILES string of the molecule is CN(CC1CC(O)C1)C(=O)c1cc2sccc2s1. The molecule has 2 aromatic rings. The fraction of sp³-hybridized carbons (Fsp3) is 0.462. The van der Waals surface area contributed by atoms with Crippen LogP contribution in [-0.4, -0.2) is 35.6 Å². The van der Waals surface area contributed by atoms with Gasteiger partial charge in [-0.25, -0.2) is 0 Å². The van der Waals surface area contributed by atoms with Gasteiger partial charge in [-0.15, -0.1) is 22.7 Å². The molecule has 0 saturated heterocycles. The van der Waals surface area contributed by atoms with Gasteiger partial charge < -0.3 is 10.0 Å². The molecule has 1 amide bonds. The molecule has 0 unspecified atom stereocenters. The molecule has 3 rings (SSSR count). The van der Waals surface area contributed by atoms with E-state index in [1.807, 2.05) is 13.1 Å². The van der Waals surface area contributed by atoms with E-state index in [-0.39, 0.29) is 12.0 Å². The Bertz CT molecular complexity index is 540. The lowest BCUT2D eigenvalue weighted by atomic mass is 9.82. The number of hydrogen-bond donors (Lipinski definition) is 1. The van der Waals surface area contributed by atoms with E-state index in [2.05, 4.69) is 11.4 Å². The van der Waals surface area contributed by atoms with E-state index in [1.165, 1.54) is 9.40 Å². The van der Waals surface area contributed by atoms with Crippen LogP contribution in [0.4, 0.5) is 0 Å². The van der Waals surface area contributed by atoms with Crippen molar-refractivity contribution in [1.29, 1.82) is 0 Å². The zero-order chi connectivity index (χ0) is 12.7. The van der Waals surface area contributed by atoms with Crippen LogP contribution in [0.2, 0.25) is 0 Å². The number of fused-ring (bicyclic) bond motifs is 1. The Labute approximate surface area is 114 Å². The number of hydrogen-bond acceptors (Lipinski definition) is 4. The first-order valence-corrected chi connectivity index (χ1v) is 7.73. The Kier molecular flexibility index (Phi) is 3.13. The minimum Gasteiger partial charge on any atom is -0.393 e. The summed E-state index contributed by atoms with van der Waals surface area (Å²) in [4.78, 5) is 14.9. The fourth-order valence-corrected chi connectivity index (χ4v) is 4.48. The van der Waals surface area contributed by atoms with Crippen molar-refractivity contribution >= 4 is 38.0 Å². The van der Waals surface area contributed by atoms with Gasteiger partial charge in [0.25, 0.3) is 5.91 Å². The number of amides is 1. The zero-order valence-electron chi connectivity index (χ0n) is 10.1. The van der Waals surface area contributed by atoms with Crippen LogP contribution < -0.4 is 0 Å². The highest BCUT2D eigenvalue weighted by atomic mass is 32.1. The Hall–Kier alpha value is -0.910. The van der Waals surface area contributed by atoms with Crippen molar-refractivity contribution in [3.8, 4) is 0 Å². The number of aliphatic hydroxyl groups excluding tert-OH is 1. The van der Waals surface area contributed by atoms with Crippen molar-refractivity contribution in [3.63, 3.8) is 0 Å². The topological polar surface area (TPSA) is 40.5 Å². The summed E-state index contributed by atoms with van der Waals surface area (Å²) < 4.78 is 2.38. The highest BCUT2D eigenvalue weighted by molar-refractivity contribution is 7.27. The largest absolute Gasteiger partial charge is 0.393 e. The fourth-order valence-electron chi connectivity index (χ4n) is 2.38. The smallest absolute Gasteiger partial charge is 0.263 e. The standard InChI is InChI=1S/C13H15NO2S2/c1-14(7-8-4-9(15)5-8)13(16)12-6-11-10(18-12)2-3-17-11/h2-3,6,8-9,15H,4-5,7H2,1H3. The Morgan fingerprint density at radius 1 is 1.50 bits per heavy atom. The third kappa shape index (κ3) is 2.18. The molecule has 0 radical (unpaired) electrons. The van der Waals surface area contributed by atoms with Crippen LogP contribution in [0.5, 0.6) is 0 Å². The van der Waals surface area contributed by atoms with Gasteiger partial charge in [-0.3, -0.25) is 4.79 Å². The molecule has 1 aliphatic rings. The van der Waals surface area contributed by atoms with E-state index in [0.717, 1.165) is 24.3 Å². The Morgan fingerprint density at radius 3 is 2.94 bits per heavy atom. The minimum absolute atomic E-state index is 0.102. The van der Waals surface area contributed by atoms with Crippen molar-refractivity contribution in [2.45, 2.75) is 18.9 Å². The highest BCUT2D eigenvalue weighted by Crippen LogP contribution is 2.32. The van der Waals surface area contributed by atoms with Gasteiger partial charge in [0.15, 0.2) is 0 Å². The lowest BCUT2D eigenvalue weighted by molar-refractivity contribution is 0.0266. The predicted octanol–water partition coefficient (Wildman–Crippen LogP) is 2.81. The second-order valence-electron chi connectivity index (χ2n) is 4.94. The molecule has 1 fully saturated rings. The maximum atomic E-state index is 12.2. The van der Waals surface area contributed by atoms with Gasteiger partial charge in [0.05, 0.1) is 11.0 Å². The number of carbonyl (C=O) groups excluding carboxylic acids is 1. The molecule has 3 nitrogen and oxygen atoms in total. The number of carbonyl (C=O) groups is 1. The first-order chi connectivity index (χ1) is 8.63. The minimum atomic E-state index is -0.148. The van der Waals surface area contributed by atoms with E-state index in [1.54, 1.807) is 27.6 Å². The lowest BCUT2D eigenvalue weighted by Crippen LogP contribution is -2.39. The van der Waals surface area contributed by atoms with Crippen molar-refractivity contribution in [1.82, 2.24) is 4.90 Å². The molecule has 1 saturated carbocycles. The normalized spacial score (nSPS) is 23.0. The van der Waals surface area contributed by atoms with Crippen LogP contribution in [0, 0.1) is 5.92 Å². The van der Waals surface area contributed by atoms with Crippen LogP contribution in [0.25, 0.3) is 9.40 Å². The maximum Gasteiger partial charge on any atom is 0.263 e. The first-order valence-electron chi connectivity index (χ1n) is 6.04. The monoisotopic (exact) mass is 281 g/mol. The van der Waals surface area contributed by atoms with E-state index in [0.29, 0.717) is 5.92 Å². The molecule has 0 aliphatic heterocycles. The molecule has 1 aliphatic carbocycles. The summed E-state index contributed by atoms with van der Waals surface area (Å²) >= 11 is 3.24. The van der Waals surface area contributed by atoms with E-state index in [4.69, 9.17) is 0 Å². The molecular formula is C13H15NO2S2. The predicted molar refractivity (Wildman–Crippen MR) is 75.4 cm³/mol. The Morgan fingerprint density at radius 2 is 2.28 bits per heavy atom. The number of rotatable bonds is 3. The van der Waals surface area contributed by atoms with Crippen LogP contribution >= 0.6 is 22.7 Å². The highest BCUT2D eigenvalue weighted by Gasteiger charge is 2.29. The number of aliphatic hydroxyl groups is 1. The van der Waals surface area contributed by atoms with Crippen LogP contribution in [0.15, 0.2) is 17.5 Å². The van der Waals surface area contributed by atoms with Crippen molar-refractivity contribution in [3.05, 3.63) is 22.4 Å². The average Bonchev–Trinajstić information content (AvgIpc) is 2.85. The molecule has 5 heteroatoms. The van der Waals surface area contributed by atoms with Crippen molar-refractivity contribution in [2.75, 3.05) is 13.6 Å². The number of thiophene rings is 2. The van der Waals surface area contributed by atoms with Crippen molar-refractivity contribution in [2.24, 2.45) is 5.92 Å².